The summed E-state index contributed by atoms with van der Waals surface area (Å²) in [6, 6.07) is 3.45. The lowest BCUT2D eigenvalue weighted by Gasteiger charge is -2.45. The van der Waals surface area contributed by atoms with E-state index in [0.29, 0.717) is 36.9 Å². The predicted octanol–water partition coefficient (Wildman–Crippen LogP) is 5.39. The van der Waals surface area contributed by atoms with Crippen LogP contribution in [0.5, 0.6) is 5.75 Å². The van der Waals surface area contributed by atoms with Crippen LogP contribution >= 0.6 is 24.2 Å². The van der Waals surface area contributed by atoms with Gasteiger partial charge >= 0.3 is 6.09 Å². The molecular weight excluding hydrogens is 573 g/mol. The van der Waals surface area contributed by atoms with Crippen LogP contribution in [0.1, 0.15) is 66.2 Å². The third-order valence-corrected chi connectivity index (χ3v) is 8.20. The number of ether oxygens (including phenoxy) is 4. The van der Waals surface area contributed by atoms with E-state index in [1.807, 2.05) is 6.92 Å². The fraction of sp³-hybridized carbons (Fsp3) is 0.690. The molecule has 0 aromatic heterocycles. The maximum Gasteiger partial charge on any atom is 0.411 e. The first kappa shape index (κ1) is 31.7. The zero-order valence-electron chi connectivity index (χ0n) is 24.3. The Balaban J connectivity index is 1.38. The molecule has 3 aliphatic rings. The van der Waals surface area contributed by atoms with Gasteiger partial charge in [0.05, 0.1) is 23.8 Å². The second-order valence-electron chi connectivity index (χ2n) is 12.2. The molecular formula is C29H41ClFN3O6S. The number of benzene rings is 1. The molecule has 1 aromatic rings. The normalized spacial score (nSPS) is 27.5. The molecule has 1 N–H and O–H groups in total. The third kappa shape index (κ3) is 8.88. The van der Waals surface area contributed by atoms with Crippen molar-refractivity contribution >= 4 is 42.1 Å². The lowest BCUT2D eigenvalue weighted by atomic mass is 9.79. The standard InChI is InChI=1S/C29H41ClFN3O6S/c1-17(18-12-21(13-18)39-19-6-7-19)38-26(32-5)24-10-11-29(41,16-34(24)27(36)40-28(2,3)4)33-25(35)15-37-20-8-9-22(30)23(31)14-20/h8-9,14,17-19,21,24,41H,6-7,10-13,15-16H2,1-5H3,(H,33,35)/t17?,18?,21?,24-,29-/m1/s1. The van der Waals surface area contributed by atoms with Crippen molar-refractivity contribution in [3.63, 3.8) is 0 Å². The maximum absolute atomic E-state index is 13.7. The van der Waals surface area contributed by atoms with Crippen molar-refractivity contribution in [3.8, 4) is 5.75 Å². The highest BCUT2D eigenvalue weighted by atomic mass is 35.5. The van der Waals surface area contributed by atoms with Crippen LogP contribution in [0.3, 0.4) is 0 Å². The molecule has 2 amide bonds. The number of hydrogen-bond donors (Lipinski definition) is 2. The van der Waals surface area contributed by atoms with Crippen molar-refractivity contribution in [1.29, 1.82) is 0 Å². The summed E-state index contributed by atoms with van der Waals surface area (Å²) in [7, 11) is 1.65. The molecule has 41 heavy (non-hydrogen) atoms. The number of piperidine rings is 1. The van der Waals surface area contributed by atoms with Gasteiger partial charge in [-0.05, 0) is 78.4 Å². The zero-order valence-corrected chi connectivity index (χ0v) is 26.0. The van der Waals surface area contributed by atoms with Gasteiger partial charge in [0.25, 0.3) is 5.91 Å². The van der Waals surface area contributed by atoms with Crippen LogP contribution in [0.2, 0.25) is 5.02 Å². The van der Waals surface area contributed by atoms with Crippen LogP contribution in [0.4, 0.5) is 9.18 Å². The summed E-state index contributed by atoms with van der Waals surface area (Å²) in [6.45, 7) is 7.09. The third-order valence-electron chi connectivity index (χ3n) is 7.42. The number of aliphatic imine (C=N–C) groups is 1. The summed E-state index contributed by atoms with van der Waals surface area (Å²) in [5.41, 5.74) is -0.733. The molecule has 1 saturated heterocycles. The Morgan fingerprint density at radius 1 is 1.24 bits per heavy atom. The number of rotatable bonds is 9. The molecule has 9 nitrogen and oxygen atoms in total. The molecule has 3 fully saturated rings. The number of likely N-dealkylation sites (tertiary alicyclic amines) is 1. The van der Waals surface area contributed by atoms with Crippen molar-refractivity contribution < 1.29 is 32.9 Å². The van der Waals surface area contributed by atoms with E-state index in [1.54, 1.807) is 27.8 Å². The van der Waals surface area contributed by atoms with E-state index < -0.39 is 34.3 Å². The van der Waals surface area contributed by atoms with Gasteiger partial charge in [0.1, 0.15) is 34.2 Å². The largest absolute Gasteiger partial charge is 0.484 e. The molecule has 4 rings (SSSR count). The van der Waals surface area contributed by atoms with Crippen LogP contribution in [0.25, 0.3) is 0 Å². The number of hydrogen-bond acceptors (Lipinski definition) is 8. The Kier molecular flexibility index (Phi) is 10.0. The fourth-order valence-electron chi connectivity index (χ4n) is 5.03. The monoisotopic (exact) mass is 613 g/mol. The van der Waals surface area contributed by atoms with Crippen LogP contribution in [-0.4, -0.2) is 77.8 Å². The van der Waals surface area contributed by atoms with Crippen molar-refractivity contribution in [2.24, 2.45) is 10.9 Å². The summed E-state index contributed by atoms with van der Waals surface area (Å²) < 4.78 is 37.2. The lowest BCUT2D eigenvalue weighted by molar-refractivity contribution is -0.124. The van der Waals surface area contributed by atoms with Gasteiger partial charge in [0.15, 0.2) is 6.61 Å². The number of nitrogens with zero attached hydrogens (tertiary/aromatic N) is 2. The van der Waals surface area contributed by atoms with E-state index in [-0.39, 0.29) is 30.0 Å². The van der Waals surface area contributed by atoms with E-state index in [9.17, 15) is 14.0 Å². The quantitative estimate of drug-likeness (QED) is 0.168. The maximum atomic E-state index is 13.7. The number of halogens is 2. The van der Waals surface area contributed by atoms with E-state index >= 15 is 0 Å². The smallest absolute Gasteiger partial charge is 0.411 e. The number of thiol groups is 1. The van der Waals surface area contributed by atoms with E-state index in [1.165, 1.54) is 17.0 Å². The minimum Gasteiger partial charge on any atom is -0.484 e. The Morgan fingerprint density at radius 2 is 1.95 bits per heavy atom. The van der Waals surface area contributed by atoms with Crippen molar-refractivity contribution in [2.75, 3.05) is 20.2 Å². The molecule has 2 saturated carbocycles. The molecule has 0 bridgehead atoms. The van der Waals surface area contributed by atoms with Crippen LogP contribution in [0.15, 0.2) is 23.2 Å². The minimum atomic E-state index is -1.06. The van der Waals surface area contributed by atoms with Crippen LogP contribution in [0, 0.1) is 11.7 Å². The summed E-state index contributed by atoms with van der Waals surface area (Å²) >= 11 is 10.5. The lowest BCUT2D eigenvalue weighted by Crippen LogP contribution is -2.62. The van der Waals surface area contributed by atoms with Crippen molar-refractivity contribution in [3.05, 3.63) is 29.0 Å². The van der Waals surface area contributed by atoms with Crippen LogP contribution < -0.4 is 10.1 Å². The second-order valence-corrected chi connectivity index (χ2v) is 13.4. The zero-order chi connectivity index (χ0) is 29.9. The molecule has 0 radical (unpaired) electrons. The number of carbonyl (C=O) groups is 2. The van der Waals surface area contributed by atoms with E-state index in [2.05, 4.69) is 10.3 Å². The highest BCUT2D eigenvalue weighted by Gasteiger charge is 2.45. The van der Waals surface area contributed by atoms with Gasteiger partial charge in [-0.15, -0.1) is 12.6 Å². The molecule has 1 heterocycles. The molecule has 1 unspecified atom stereocenters. The Hall–Kier alpha value is -2.24. The van der Waals surface area contributed by atoms with Gasteiger partial charge in [-0.2, -0.15) is 0 Å². The number of nitrogens with one attached hydrogen (secondary N) is 1. The van der Waals surface area contributed by atoms with Gasteiger partial charge in [-0.1, -0.05) is 11.6 Å². The molecule has 1 aliphatic heterocycles. The summed E-state index contributed by atoms with van der Waals surface area (Å²) in [5, 5.41) is 2.82. The summed E-state index contributed by atoms with van der Waals surface area (Å²) in [6.07, 6.45) is 5.16. The summed E-state index contributed by atoms with van der Waals surface area (Å²) in [4.78, 5) is 31.0. The SMILES string of the molecule is CN=C(OC(C)C1CC(OC2CC2)C1)[C@H]1CC[C@](S)(NC(=O)COc2ccc(Cl)c(F)c2)CN1C(=O)OC(C)(C)C. The van der Waals surface area contributed by atoms with Gasteiger partial charge in [-0.25, -0.2) is 9.18 Å². The van der Waals surface area contributed by atoms with Crippen molar-refractivity contribution in [2.45, 2.75) is 101 Å². The first-order valence-electron chi connectivity index (χ1n) is 14.1. The van der Waals surface area contributed by atoms with Gasteiger partial charge < -0.3 is 24.3 Å². The first-order valence-corrected chi connectivity index (χ1v) is 15.0. The molecule has 1 aromatic carbocycles. The average Bonchev–Trinajstić information content (AvgIpc) is 3.68. The minimum absolute atomic E-state index is 0.0389. The Morgan fingerprint density at radius 3 is 2.56 bits per heavy atom. The Bertz CT molecular complexity index is 1140. The molecule has 2 aliphatic carbocycles. The topological polar surface area (TPSA) is 98.7 Å². The number of carbonyl (C=O) groups excluding carboxylic acids is 2. The molecule has 3 atom stereocenters. The number of amides is 2. The molecule has 0 spiro atoms. The van der Waals surface area contributed by atoms with E-state index in [0.717, 1.165) is 31.7 Å². The van der Waals surface area contributed by atoms with Gasteiger partial charge in [0, 0.05) is 19.0 Å². The first-order chi connectivity index (χ1) is 19.2. The van der Waals surface area contributed by atoms with Gasteiger partial charge in [0.2, 0.25) is 5.90 Å². The second kappa shape index (κ2) is 13.0. The Labute approximate surface area is 251 Å². The fourth-order valence-corrected chi connectivity index (χ4v) is 5.55. The van der Waals surface area contributed by atoms with Crippen LogP contribution in [-0.2, 0) is 19.0 Å². The molecule has 228 valence electrons. The van der Waals surface area contributed by atoms with Crippen molar-refractivity contribution in [1.82, 2.24) is 10.2 Å². The highest BCUT2D eigenvalue weighted by Crippen LogP contribution is 2.39. The highest BCUT2D eigenvalue weighted by molar-refractivity contribution is 7.81. The summed E-state index contributed by atoms with van der Waals surface area (Å²) in [5.74, 6) is -0.146. The molecule has 12 heteroatoms. The predicted molar refractivity (Wildman–Crippen MR) is 157 cm³/mol. The van der Waals surface area contributed by atoms with Gasteiger partial charge in [-0.3, -0.25) is 14.7 Å². The average molecular weight is 614 g/mol. The van der Waals surface area contributed by atoms with E-state index in [4.69, 9.17) is 43.2 Å².